The molecule has 2 aromatic heterocycles. The molecule has 124 valence electrons. The molecule has 7 heteroatoms. The van der Waals surface area contributed by atoms with Crippen LogP contribution in [0.3, 0.4) is 0 Å². The second-order valence-corrected chi connectivity index (χ2v) is 5.83. The molecule has 3 rings (SSSR count). The first kappa shape index (κ1) is 15.9. The molecule has 24 heavy (non-hydrogen) atoms. The van der Waals surface area contributed by atoms with Gasteiger partial charge in [-0.15, -0.1) is 0 Å². The van der Waals surface area contributed by atoms with Crippen molar-refractivity contribution < 1.29 is 4.79 Å². The molecule has 1 aromatic carbocycles. The van der Waals surface area contributed by atoms with Crippen molar-refractivity contribution in [3.63, 3.8) is 0 Å². The highest BCUT2D eigenvalue weighted by Crippen LogP contribution is 2.19. The molecule has 0 radical (unpaired) electrons. The lowest BCUT2D eigenvalue weighted by atomic mass is 10.1. The van der Waals surface area contributed by atoms with Gasteiger partial charge in [-0.25, -0.2) is 9.67 Å². The Balaban J connectivity index is 1.80. The zero-order valence-electron chi connectivity index (χ0n) is 14.2. The molecule has 1 N–H and O–H groups in total. The lowest BCUT2D eigenvalue weighted by Crippen LogP contribution is -2.26. The minimum absolute atomic E-state index is 0.119. The summed E-state index contributed by atoms with van der Waals surface area (Å²) >= 11 is 0. The van der Waals surface area contributed by atoms with E-state index in [9.17, 15) is 4.79 Å². The van der Waals surface area contributed by atoms with Gasteiger partial charge in [-0.05, 0) is 26.0 Å². The van der Waals surface area contributed by atoms with Gasteiger partial charge in [0.05, 0.1) is 12.2 Å². The fourth-order valence-electron chi connectivity index (χ4n) is 2.59. The van der Waals surface area contributed by atoms with E-state index in [-0.39, 0.29) is 11.9 Å². The lowest BCUT2D eigenvalue weighted by molar-refractivity contribution is 0.0940. The SMILES string of the molecule is Cc1nc(-c2cccc(C(=O)NC(C)c3cnn(C)c3)c2)n(C)n1. The van der Waals surface area contributed by atoms with E-state index in [0.717, 1.165) is 17.0 Å². The van der Waals surface area contributed by atoms with E-state index in [1.807, 2.05) is 52.3 Å². The van der Waals surface area contributed by atoms with Crippen molar-refractivity contribution in [1.29, 1.82) is 0 Å². The van der Waals surface area contributed by atoms with Crippen LogP contribution in [-0.2, 0) is 14.1 Å². The minimum atomic E-state index is -0.132. The van der Waals surface area contributed by atoms with Crippen LogP contribution in [0.1, 0.15) is 34.7 Å². The summed E-state index contributed by atoms with van der Waals surface area (Å²) in [5, 5.41) is 11.4. The summed E-state index contributed by atoms with van der Waals surface area (Å²) in [7, 11) is 3.69. The Morgan fingerprint density at radius 2 is 2.08 bits per heavy atom. The third kappa shape index (κ3) is 3.19. The van der Waals surface area contributed by atoms with E-state index in [4.69, 9.17) is 0 Å². The third-order valence-electron chi connectivity index (χ3n) is 3.82. The van der Waals surface area contributed by atoms with Crippen molar-refractivity contribution in [2.75, 3.05) is 0 Å². The second-order valence-electron chi connectivity index (χ2n) is 5.83. The number of rotatable bonds is 4. The third-order valence-corrected chi connectivity index (χ3v) is 3.82. The number of aryl methyl sites for hydroxylation is 3. The normalized spacial score (nSPS) is 12.2. The zero-order chi connectivity index (χ0) is 17.3. The number of hydrogen-bond donors (Lipinski definition) is 1. The molecule has 0 spiro atoms. The van der Waals surface area contributed by atoms with Gasteiger partial charge in [0.1, 0.15) is 5.82 Å². The Morgan fingerprint density at radius 1 is 1.29 bits per heavy atom. The highest BCUT2D eigenvalue weighted by atomic mass is 16.1. The summed E-state index contributed by atoms with van der Waals surface area (Å²) in [4.78, 5) is 16.9. The maximum Gasteiger partial charge on any atom is 0.251 e. The van der Waals surface area contributed by atoms with Crippen LogP contribution in [0.15, 0.2) is 36.7 Å². The van der Waals surface area contributed by atoms with Crippen LogP contribution in [0, 0.1) is 6.92 Å². The molecule has 0 saturated carbocycles. The van der Waals surface area contributed by atoms with Crippen molar-refractivity contribution in [1.82, 2.24) is 29.9 Å². The second kappa shape index (κ2) is 6.27. The minimum Gasteiger partial charge on any atom is -0.345 e. The monoisotopic (exact) mass is 324 g/mol. The van der Waals surface area contributed by atoms with E-state index in [1.165, 1.54) is 0 Å². The average molecular weight is 324 g/mol. The van der Waals surface area contributed by atoms with Gasteiger partial charge < -0.3 is 5.32 Å². The molecule has 0 bridgehead atoms. The van der Waals surface area contributed by atoms with E-state index >= 15 is 0 Å². The highest BCUT2D eigenvalue weighted by molar-refractivity contribution is 5.95. The van der Waals surface area contributed by atoms with Crippen LogP contribution in [0.4, 0.5) is 0 Å². The first-order valence-electron chi connectivity index (χ1n) is 7.71. The summed E-state index contributed by atoms with van der Waals surface area (Å²) in [5.74, 6) is 1.31. The van der Waals surface area contributed by atoms with Crippen LogP contribution in [0.5, 0.6) is 0 Å². The molecular formula is C17H20N6O. The Morgan fingerprint density at radius 3 is 2.71 bits per heavy atom. The molecule has 1 atom stereocenters. The molecule has 0 aliphatic carbocycles. The molecule has 1 unspecified atom stereocenters. The molecule has 0 aliphatic rings. The van der Waals surface area contributed by atoms with E-state index < -0.39 is 0 Å². The van der Waals surface area contributed by atoms with Gasteiger partial charge in [0.15, 0.2) is 5.82 Å². The largest absolute Gasteiger partial charge is 0.345 e. The zero-order valence-corrected chi connectivity index (χ0v) is 14.2. The summed E-state index contributed by atoms with van der Waals surface area (Å²) < 4.78 is 3.43. The molecular weight excluding hydrogens is 304 g/mol. The topological polar surface area (TPSA) is 77.6 Å². The van der Waals surface area contributed by atoms with E-state index in [1.54, 1.807) is 21.6 Å². The van der Waals surface area contributed by atoms with Crippen molar-refractivity contribution in [3.05, 3.63) is 53.6 Å². The van der Waals surface area contributed by atoms with Crippen molar-refractivity contribution in [2.24, 2.45) is 14.1 Å². The first-order valence-corrected chi connectivity index (χ1v) is 7.71. The van der Waals surface area contributed by atoms with Gasteiger partial charge in [0.2, 0.25) is 0 Å². The summed E-state index contributed by atoms with van der Waals surface area (Å²) in [5.41, 5.74) is 2.41. The van der Waals surface area contributed by atoms with Crippen LogP contribution in [0.2, 0.25) is 0 Å². The molecule has 0 aliphatic heterocycles. The number of carbonyl (C=O) groups excluding carboxylic acids is 1. The number of carbonyl (C=O) groups is 1. The number of nitrogens with zero attached hydrogens (tertiary/aromatic N) is 5. The van der Waals surface area contributed by atoms with Crippen molar-refractivity contribution >= 4 is 5.91 Å². The Kier molecular flexibility index (Phi) is 4.16. The van der Waals surface area contributed by atoms with Gasteiger partial charge in [-0.3, -0.25) is 9.48 Å². The molecule has 0 saturated heterocycles. The smallest absolute Gasteiger partial charge is 0.251 e. The van der Waals surface area contributed by atoms with Crippen molar-refractivity contribution in [3.8, 4) is 11.4 Å². The number of nitrogens with one attached hydrogen (secondary N) is 1. The maximum atomic E-state index is 12.5. The summed E-state index contributed by atoms with van der Waals surface area (Å²) in [6, 6.07) is 7.27. The number of hydrogen-bond acceptors (Lipinski definition) is 4. The van der Waals surface area contributed by atoms with Crippen LogP contribution < -0.4 is 5.32 Å². The van der Waals surface area contributed by atoms with Crippen LogP contribution >= 0.6 is 0 Å². The predicted octanol–water partition coefficient (Wildman–Crippen LogP) is 2.02. The quantitative estimate of drug-likeness (QED) is 0.796. The van der Waals surface area contributed by atoms with Gasteiger partial charge >= 0.3 is 0 Å². The number of amides is 1. The summed E-state index contributed by atoms with van der Waals surface area (Å²) in [6.45, 7) is 3.78. The molecule has 7 nitrogen and oxygen atoms in total. The van der Waals surface area contributed by atoms with Crippen molar-refractivity contribution in [2.45, 2.75) is 19.9 Å². The number of benzene rings is 1. The molecule has 0 fully saturated rings. The average Bonchev–Trinajstić information content (AvgIpc) is 3.12. The Bertz CT molecular complexity index is 879. The van der Waals surface area contributed by atoms with E-state index in [0.29, 0.717) is 11.4 Å². The highest BCUT2D eigenvalue weighted by Gasteiger charge is 2.14. The molecule has 1 amide bonds. The Labute approximate surface area is 140 Å². The fourth-order valence-corrected chi connectivity index (χ4v) is 2.59. The van der Waals surface area contributed by atoms with Crippen LogP contribution in [-0.4, -0.2) is 30.5 Å². The van der Waals surface area contributed by atoms with E-state index in [2.05, 4.69) is 20.5 Å². The number of aromatic nitrogens is 5. The molecule has 3 aromatic rings. The summed E-state index contributed by atoms with van der Waals surface area (Å²) in [6.07, 6.45) is 3.65. The van der Waals surface area contributed by atoms with Gasteiger partial charge in [-0.2, -0.15) is 10.2 Å². The standard InChI is InChI=1S/C17H20N6O/c1-11(15-9-18-22(3)10-15)19-17(24)14-7-5-6-13(8-14)16-20-12(2)21-23(16)4/h5-11H,1-4H3,(H,19,24). The van der Waals surface area contributed by atoms with Gasteiger partial charge in [-0.1, -0.05) is 12.1 Å². The first-order chi connectivity index (χ1) is 11.4. The van der Waals surface area contributed by atoms with Crippen LogP contribution in [0.25, 0.3) is 11.4 Å². The fraction of sp³-hybridized carbons (Fsp3) is 0.294. The molecule has 2 heterocycles. The maximum absolute atomic E-state index is 12.5. The lowest BCUT2D eigenvalue weighted by Gasteiger charge is -2.12. The van der Waals surface area contributed by atoms with Gasteiger partial charge in [0.25, 0.3) is 5.91 Å². The Hall–Kier alpha value is -2.96. The predicted molar refractivity (Wildman–Crippen MR) is 90.3 cm³/mol. The van der Waals surface area contributed by atoms with Gasteiger partial charge in [0, 0.05) is 37.0 Å².